The SMILES string of the molecule is CCC1CN(c2ncc(NC=O)cc2O)CCN1C1CCN(Cc2ccccc2F)CC1.CCl. The molecule has 2 fully saturated rings. The third kappa shape index (κ3) is 6.37. The highest BCUT2D eigenvalue weighted by Crippen LogP contribution is 2.31. The van der Waals surface area contributed by atoms with E-state index in [1.807, 2.05) is 12.1 Å². The van der Waals surface area contributed by atoms with Crippen molar-refractivity contribution >= 4 is 29.5 Å². The number of alkyl halides is 1. The Morgan fingerprint density at radius 3 is 2.59 bits per heavy atom. The second kappa shape index (κ2) is 12.9. The topological polar surface area (TPSA) is 71.9 Å². The number of hydrogen-bond donors (Lipinski definition) is 2. The maximum atomic E-state index is 14.0. The number of piperidine rings is 1. The molecule has 2 aliphatic rings. The summed E-state index contributed by atoms with van der Waals surface area (Å²) in [5.74, 6) is 0.532. The molecule has 4 rings (SSSR count). The summed E-state index contributed by atoms with van der Waals surface area (Å²) >= 11 is 4.64. The van der Waals surface area contributed by atoms with Crippen molar-refractivity contribution in [1.29, 1.82) is 0 Å². The van der Waals surface area contributed by atoms with Crippen LogP contribution in [0.25, 0.3) is 0 Å². The van der Waals surface area contributed by atoms with Gasteiger partial charge in [-0.1, -0.05) is 25.1 Å². The fourth-order valence-corrected chi connectivity index (χ4v) is 5.02. The molecule has 1 amide bonds. The molecular formula is C25H35ClFN5O2. The number of pyridine rings is 1. The number of piperazine rings is 1. The molecule has 1 aromatic carbocycles. The average molecular weight is 492 g/mol. The number of benzene rings is 1. The van der Waals surface area contributed by atoms with E-state index in [-0.39, 0.29) is 11.6 Å². The van der Waals surface area contributed by atoms with E-state index in [0.29, 0.717) is 36.5 Å². The normalized spacial score (nSPS) is 19.9. The van der Waals surface area contributed by atoms with Crippen molar-refractivity contribution in [1.82, 2.24) is 14.8 Å². The fourth-order valence-electron chi connectivity index (χ4n) is 5.02. The molecule has 7 nitrogen and oxygen atoms in total. The van der Waals surface area contributed by atoms with Gasteiger partial charge < -0.3 is 15.3 Å². The number of aromatic hydroxyl groups is 1. The summed E-state index contributed by atoms with van der Waals surface area (Å²) in [5, 5.41) is 12.9. The monoisotopic (exact) mass is 491 g/mol. The molecule has 186 valence electrons. The number of aromatic nitrogens is 1. The predicted molar refractivity (Wildman–Crippen MR) is 135 cm³/mol. The van der Waals surface area contributed by atoms with Crippen LogP contribution in [0.4, 0.5) is 15.9 Å². The Labute approximate surface area is 206 Å². The van der Waals surface area contributed by atoms with Gasteiger partial charge in [0.25, 0.3) is 0 Å². The molecule has 3 heterocycles. The minimum absolute atomic E-state index is 0.0848. The van der Waals surface area contributed by atoms with Crippen molar-refractivity contribution in [3.63, 3.8) is 0 Å². The quantitative estimate of drug-likeness (QED) is 0.452. The Morgan fingerprint density at radius 2 is 1.94 bits per heavy atom. The van der Waals surface area contributed by atoms with Crippen LogP contribution in [0.15, 0.2) is 36.5 Å². The first-order valence-electron chi connectivity index (χ1n) is 11.8. The molecule has 0 saturated carbocycles. The van der Waals surface area contributed by atoms with Crippen LogP contribution < -0.4 is 10.2 Å². The first-order chi connectivity index (χ1) is 16.6. The molecule has 0 aliphatic carbocycles. The highest BCUT2D eigenvalue weighted by Gasteiger charge is 2.34. The van der Waals surface area contributed by atoms with Crippen molar-refractivity contribution in [3.05, 3.63) is 47.9 Å². The molecule has 2 aromatic rings. The Morgan fingerprint density at radius 1 is 1.21 bits per heavy atom. The fraction of sp³-hybridized carbons (Fsp3) is 0.520. The Bertz CT molecular complexity index is 926. The first-order valence-corrected chi connectivity index (χ1v) is 12.6. The summed E-state index contributed by atoms with van der Waals surface area (Å²) in [5.41, 5.74) is 1.25. The minimum atomic E-state index is -0.122. The molecule has 2 saturated heterocycles. The van der Waals surface area contributed by atoms with Crippen LogP contribution in [0, 0.1) is 5.82 Å². The number of nitrogens with zero attached hydrogens (tertiary/aromatic N) is 4. The molecule has 34 heavy (non-hydrogen) atoms. The number of anilines is 2. The summed E-state index contributed by atoms with van der Waals surface area (Å²) in [7, 11) is 0. The van der Waals surface area contributed by atoms with Gasteiger partial charge in [0.2, 0.25) is 6.41 Å². The van der Waals surface area contributed by atoms with Gasteiger partial charge in [0.05, 0.1) is 11.9 Å². The van der Waals surface area contributed by atoms with E-state index in [1.165, 1.54) is 18.5 Å². The lowest BCUT2D eigenvalue weighted by Gasteiger charge is -2.47. The molecule has 1 aromatic heterocycles. The first kappa shape index (κ1) is 26.2. The highest BCUT2D eigenvalue weighted by atomic mass is 35.5. The van der Waals surface area contributed by atoms with Crippen LogP contribution in [0.2, 0.25) is 0 Å². The molecule has 9 heteroatoms. The van der Waals surface area contributed by atoms with E-state index in [0.717, 1.165) is 57.5 Å². The number of amides is 1. The molecule has 2 N–H and O–H groups in total. The zero-order valence-electron chi connectivity index (χ0n) is 20.0. The molecule has 2 aliphatic heterocycles. The van der Waals surface area contributed by atoms with Crippen LogP contribution in [0.3, 0.4) is 0 Å². The van der Waals surface area contributed by atoms with Gasteiger partial charge in [0, 0.05) is 56.3 Å². The van der Waals surface area contributed by atoms with Crippen LogP contribution in [0.1, 0.15) is 31.7 Å². The third-order valence-electron chi connectivity index (χ3n) is 6.75. The van der Waals surface area contributed by atoms with Gasteiger partial charge in [-0.3, -0.25) is 14.6 Å². The number of hydrogen-bond acceptors (Lipinski definition) is 6. The summed E-state index contributed by atoms with van der Waals surface area (Å²) in [4.78, 5) is 22.1. The number of carbonyl (C=O) groups is 1. The Balaban J connectivity index is 0.00000158. The maximum absolute atomic E-state index is 14.0. The van der Waals surface area contributed by atoms with E-state index in [4.69, 9.17) is 0 Å². The van der Waals surface area contributed by atoms with Crippen LogP contribution in [0.5, 0.6) is 5.75 Å². The van der Waals surface area contributed by atoms with E-state index in [1.54, 1.807) is 12.3 Å². The van der Waals surface area contributed by atoms with Crippen molar-refractivity contribution in [2.75, 3.05) is 49.3 Å². The zero-order valence-corrected chi connectivity index (χ0v) is 20.7. The van der Waals surface area contributed by atoms with Crippen molar-refractivity contribution in [2.45, 2.75) is 44.8 Å². The lowest BCUT2D eigenvalue weighted by Crippen LogP contribution is -2.58. The van der Waals surface area contributed by atoms with Gasteiger partial charge in [-0.15, -0.1) is 11.6 Å². The second-order valence-corrected chi connectivity index (χ2v) is 8.67. The van der Waals surface area contributed by atoms with E-state index < -0.39 is 0 Å². The predicted octanol–water partition coefficient (Wildman–Crippen LogP) is 3.91. The Kier molecular flexibility index (Phi) is 9.92. The second-order valence-electron chi connectivity index (χ2n) is 8.67. The van der Waals surface area contributed by atoms with Crippen LogP contribution in [-0.2, 0) is 11.3 Å². The van der Waals surface area contributed by atoms with Crippen LogP contribution >= 0.6 is 11.6 Å². The highest BCUT2D eigenvalue weighted by molar-refractivity contribution is 6.15. The van der Waals surface area contributed by atoms with Crippen molar-refractivity contribution in [3.8, 4) is 5.75 Å². The van der Waals surface area contributed by atoms with E-state index in [2.05, 4.69) is 43.5 Å². The zero-order chi connectivity index (χ0) is 24.5. The Hall–Kier alpha value is -2.42. The van der Waals surface area contributed by atoms with Gasteiger partial charge in [0.1, 0.15) is 5.82 Å². The lowest BCUT2D eigenvalue weighted by atomic mass is 9.97. The maximum Gasteiger partial charge on any atom is 0.211 e. The molecule has 1 unspecified atom stereocenters. The van der Waals surface area contributed by atoms with Crippen LogP contribution in [-0.4, -0.2) is 77.5 Å². The third-order valence-corrected chi connectivity index (χ3v) is 6.75. The number of likely N-dealkylation sites (tertiary alicyclic amines) is 1. The summed E-state index contributed by atoms with van der Waals surface area (Å²) in [6.45, 7) is 7.36. The van der Waals surface area contributed by atoms with Crippen molar-refractivity contribution < 1.29 is 14.3 Å². The largest absolute Gasteiger partial charge is 0.504 e. The molecule has 0 bridgehead atoms. The number of nitrogens with one attached hydrogen (secondary N) is 1. The standard InChI is InChI=1S/C24H32FN5O2.CH3Cl/c1-2-20-16-29(24-23(32)13-19(14-26-24)27-17-31)11-12-30(20)21-7-9-28(10-8-21)15-18-5-3-4-6-22(18)25;1-2/h3-6,13-14,17,20-21,32H,2,7-12,15-16H2,1H3,(H,27,31);1H3. The number of carbonyl (C=O) groups excluding carboxylic acids is 1. The van der Waals surface area contributed by atoms with Gasteiger partial charge >= 0.3 is 0 Å². The lowest BCUT2D eigenvalue weighted by molar-refractivity contribution is -0.105. The van der Waals surface area contributed by atoms with Gasteiger partial charge in [0.15, 0.2) is 11.6 Å². The molecule has 1 atom stereocenters. The summed E-state index contributed by atoms with van der Waals surface area (Å²) in [6, 6.07) is 9.50. The molecule has 0 radical (unpaired) electrons. The van der Waals surface area contributed by atoms with E-state index >= 15 is 0 Å². The average Bonchev–Trinajstić information content (AvgIpc) is 2.87. The smallest absolute Gasteiger partial charge is 0.211 e. The van der Waals surface area contributed by atoms with Gasteiger partial charge in [-0.2, -0.15) is 0 Å². The minimum Gasteiger partial charge on any atom is -0.504 e. The van der Waals surface area contributed by atoms with E-state index in [9.17, 15) is 14.3 Å². The molecular weight excluding hydrogens is 457 g/mol. The van der Waals surface area contributed by atoms with Gasteiger partial charge in [-0.05, 0) is 38.4 Å². The summed E-state index contributed by atoms with van der Waals surface area (Å²) < 4.78 is 14.0. The number of rotatable bonds is 7. The number of halogens is 2. The van der Waals surface area contributed by atoms with Gasteiger partial charge in [-0.25, -0.2) is 9.37 Å². The van der Waals surface area contributed by atoms with Crippen molar-refractivity contribution in [2.24, 2.45) is 0 Å². The molecule has 0 spiro atoms. The summed E-state index contributed by atoms with van der Waals surface area (Å²) in [6.07, 6.45) is 6.81.